The van der Waals surface area contributed by atoms with E-state index in [0.29, 0.717) is 12.0 Å². The summed E-state index contributed by atoms with van der Waals surface area (Å²) in [7, 11) is 0. The van der Waals surface area contributed by atoms with Gasteiger partial charge in [0.2, 0.25) is 0 Å². The largest absolute Gasteiger partial charge is 0.314 e. The molecule has 2 heterocycles. The minimum Gasteiger partial charge on any atom is -0.314 e. The number of aryl methyl sites for hydroxylation is 1. The minimum absolute atomic E-state index is 0.550. The van der Waals surface area contributed by atoms with Crippen LogP contribution in [0, 0.1) is 5.92 Å². The molecule has 0 spiro atoms. The summed E-state index contributed by atoms with van der Waals surface area (Å²) in [5.41, 5.74) is 3.35. The van der Waals surface area contributed by atoms with E-state index in [1.54, 1.807) is 6.20 Å². The summed E-state index contributed by atoms with van der Waals surface area (Å²) in [5, 5.41) is 3.53. The number of nitrogens with one attached hydrogen (secondary N) is 1. The predicted molar refractivity (Wildman–Crippen MR) is 83.9 cm³/mol. The average molecular weight is 282 g/mol. The summed E-state index contributed by atoms with van der Waals surface area (Å²) in [5.74, 6) is 1.44. The molecule has 1 aliphatic rings. The standard InChI is InChI=1S/C17H22N4/c1-12(2)19-10-13-6-7-15-14(9-13)11-20-17(21-15)16-5-3-4-8-18-16/h3-5,8,11-13,19H,6-7,9-10H2,1-2H3. The van der Waals surface area contributed by atoms with E-state index in [2.05, 4.69) is 29.1 Å². The van der Waals surface area contributed by atoms with Crippen molar-refractivity contribution in [1.82, 2.24) is 20.3 Å². The molecule has 1 aliphatic carbocycles. The molecule has 0 amide bonds. The van der Waals surface area contributed by atoms with Crippen molar-refractivity contribution in [3.05, 3.63) is 41.9 Å². The van der Waals surface area contributed by atoms with E-state index in [4.69, 9.17) is 4.98 Å². The maximum absolute atomic E-state index is 4.72. The lowest BCUT2D eigenvalue weighted by Crippen LogP contribution is -2.32. The van der Waals surface area contributed by atoms with Crippen molar-refractivity contribution in [3.8, 4) is 11.5 Å². The van der Waals surface area contributed by atoms with Crippen molar-refractivity contribution in [2.45, 2.75) is 39.2 Å². The normalized spacial score (nSPS) is 17.8. The van der Waals surface area contributed by atoms with Crippen molar-refractivity contribution in [2.75, 3.05) is 6.54 Å². The van der Waals surface area contributed by atoms with Crippen molar-refractivity contribution in [1.29, 1.82) is 0 Å². The Morgan fingerprint density at radius 2 is 2.19 bits per heavy atom. The van der Waals surface area contributed by atoms with E-state index in [1.165, 1.54) is 17.7 Å². The molecule has 4 nitrogen and oxygen atoms in total. The summed E-state index contributed by atoms with van der Waals surface area (Å²) in [6.07, 6.45) is 7.10. The molecule has 1 N–H and O–H groups in total. The van der Waals surface area contributed by atoms with Gasteiger partial charge in [-0.2, -0.15) is 0 Å². The SMILES string of the molecule is CC(C)NCC1CCc2nc(-c3ccccn3)ncc2C1. The number of fused-ring (bicyclic) bond motifs is 1. The first-order valence-electron chi connectivity index (χ1n) is 7.72. The first-order valence-corrected chi connectivity index (χ1v) is 7.72. The number of hydrogen-bond acceptors (Lipinski definition) is 4. The molecule has 1 unspecified atom stereocenters. The molecule has 4 heteroatoms. The van der Waals surface area contributed by atoms with Crippen molar-refractivity contribution in [3.63, 3.8) is 0 Å². The molecule has 2 aromatic heterocycles. The van der Waals surface area contributed by atoms with Crippen LogP contribution in [0.4, 0.5) is 0 Å². The van der Waals surface area contributed by atoms with Gasteiger partial charge in [-0.1, -0.05) is 19.9 Å². The van der Waals surface area contributed by atoms with Crippen LogP contribution in [-0.4, -0.2) is 27.5 Å². The first kappa shape index (κ1) is 14.1. The lowest BCUT2D eigenvalue weighted by Gasteiger charge is -2.25. The Morgan fingerprint density at radius 1 is 1.29 bits per heavy atom. The van der Waals surface area contributed by atoms with Gasteiger partial charge in [0.05, 0.1) is 0 Å². The second kappa shape index (κ2) is 6.31. The van der Waals surface area contributed by atoms with Crippen LogP contribution in [0.2, 0.25) is 0 Å². The Balaban J connectivity index is 1.74. The number of pyridine rings is 1. The Labute approximate surface area is 126 Å². The molecule has 0 saturated carbocycles. The number of aromatic nitrogens is 3. The Kier molecular flexibility index (Phi) is 4.25. The van der Waals surface area contributed by atoms with Crippen LogP contribution in [0.5, 0.6) is 0 Å². The van der Waals surface area contributed by atoms with Gasteiger partial charge in [0.25, 0.3) is 0 Å². The molecule has 0 radical (unpaired) electrons. The summed E-state index contributed by atoms with van der Waals surface area (Å²) in [6, 6.07) is 6.39. The smallest absolute Gasteiger partial charge is 0.178 e. The highest BCUT2D eigenvalue weighted by molar-refractivity contribution is 5.49. The highest BCUT2D eigenvalue weighted by Crippen LogP contribution is 2.25. The quantitative estimate of drug-likeness (QED) is 0.936. The number of rotatable bonds is 4. The molecular formula is C17H22N4. The molecule has 0 saturated heterocycles. The summed E-state index contributed by atoms with van der Waals surface area (Å²) < 4.78 is 0. The Bertz CT molecular complexity index is 595. The molecular weight excluding hydrogens is 260 g/mol. The number of hydrogen-bond donors (Lipinski definition) is 1. The van der Waals surface area contributed by atoms with Crippen molar-refractivity contribution in [2.24, 2.45) is 5.92 Å². The van der Waals surface area contributed by atoms with Gasteiger partial charge in [0.1, 0.15) is 5.69 Å². The Morgan fingerprint density at radius 3 is 2.95 bits per heavy atom. The van der Waals surface area contributed by atoms with Crippen LogP contribution in [0.1, 0.15) is 31.5 Å². The lowest BCUT2D eigenvalue weighted by molar-refractivity contribution is 0.402. The van der Waals surface area contributed by atoms with Gasteiger partial charge in [0.15, 0.2) is 5.82 Å². The zero-order chi connectivity index (χ0) is 14.7. The third-order valence-electron chi connectivity index (χ3n) is 3.96. The maximum Gasteiger partial charge on any atom is 0.178 e. The van der Waals surface area contributed by atoms with Gasteiger partial charge in [-0.05, 0) is 49.4 Å². The van der Waals surface area contributed by atoms with Crippen LogP contribution in [0.25, 0.3) is 11.5 Å². The van der Waals surface area contributed by atoms with Gasteiger partial charge < -0.3 is 5.32 Å². The van der Waals surface area contributed by atoms with Crippen molar-refractivity contribution < 1.29 is 0 Å². The second-order valence-corrected chi connectivity index (χ2v) is 6.05. The monoisotopic (exact) mass is 282 g/mol. The maximum atomic E-state index is 4.72. The molecule has 1 atom stereocenters. The van der Waals surface area contributed by atoms with Gasteiger partial charge >= 0.3 is 0 Å². The molecule has 0 aromatic carbocycles. The fourth-order valence-corrected chi connectivity index (χ4v) is 2.78. The van der Waals surface area contributed by atoms with Crippen LogP contribution < -0.4 is 5.32 Å². The average Bonchev–Trinajstić information content (AvgIpc) is 2.53. The van der Waals surface area contributed by atoms with Crippen LogP contribution >= 0.6 is 0 Å². The molecule has 3 rings (SSSR count). The van der Waals surface area contributed by atoms with E-state index in [-0.39, 0.29) is 0 Å². The molecule has 2 aromatic rings. The molecule has 0 bridgehead atoms. The van der Waals surface area contributed by atoms with Gasteiger partial charge in [-0.3, -0.25) is 4.98 Å². The summed E-state index contributed by atoms with van der Waals surface area (Å²) in [6.45, 7) is 5.47. The topological polar surface area (TPSA) is 50.7 Å². The van der Waals surface area contributed by atoms with Gasteiger partial charge in [-0.15, -0.1) is 0 Å². The predicted octanol–water partition coefficient (Wildman–Crippen LogP) is 2.64. The van der Waals surface area contributed by atoms with Crippen molar-refractivity contribution >= 4 is 0 Å². The Hall–Kier alpha value is -1.81. The van der Waals surface area contributed by atoms with E-state index in [9.17, 15) is 0 Å². The summed E-state index contributed by atoms with van der Waals surface area (Å²) in [4.78, 5) is 13.5. The van der Waals surface area contributed by atoms with E-state index in [1.807, 2.05) is 24.4 Å². The van der Waals surface area contributed by atoms with Gasteiger partial charge in [0, 0.05) is 24.1 Å². The fraction of sp³-hybridized carbons (Fsp3) is 0.471. The molecule has 110 valence electrons. The van der Waals surface area contributed by atoms with Crippen LogP contribution in [0.15, 0.2) is 30.6 Å². The third kappa shape index (κ3) is 3.45. The minimum atomic E-state index is 0.550. The highest BCUT2D eigenvalue weighted by Gasteiger charge is 2.20. The van der Waals surface area contributed by atoms with Gasteiger partial charge in [-0.25, -0.2) is 9.97 Å². The van der Waals surface area contributed by atoms with E-state index >= 15 is 0 Å². The van der Waals surface area contributed by atoms with E-state index < -0.39 is 0 Å². The van der Waals surface area contributed by atoms with Crippen LogP contribution in [0.3, 0.4) is 0 Å². The molecule has 0 fully saturated rings. The fourth-order valence-electron chi connectivity index (χ4n) is 2.78. The zero-order valence-electron chi connectivity index (χ0n) is 12.7. The third-order valence-corrected chi connectivity index (χ3v) is 3.96. The highest BCUT2D eigenvalue weighted by atomic mass is 14.9. The second-order valence-electron chi connectivity index (χ2n) is 6.05. The number of nitrogens with zero attached hydrogens (tertiary/aromatic N) is 3. The molecule has 0 aliphatic heterocycles. The zero-order valence-corrected chi connectivity index (χ0v) is 12.7. The lowest BCUT2D eigenvalue weighted by atomic mass is 9.87. The summed E-state index contributed by atoms with van der Waals surface area (Å²) >= 11 is 0. The first-order chi connectivity index (χ1) is 10.2. The molecule has 21 heavy (non-hydrogen) atoms. The van der Waals surface area contributed by atoms with E-state index in [0.717, 1.165) is 30.9 Å². The van der Waals surface area contributed by atoms with Crippen LogP contribution in [-0.2, 0) is 12.8 Å².